The van der Waals surface area contributed by atoms with Crippen LogP contribution in [0.5, 0.6) is 0 Å². The van der Waals surface area contributed by atoms with E-state index in [-0.39, 0.29) is 30.7 Å². The van der Waals surface area contributed by atoms with Crippen LogP contribution in [0.25, 0.3) is 0 Å². The van der Waals surface area contributed by atoms with Crippen molar-refractivity contribution >= 4 is 11.9 Å². The van der Waals surface area contributed by atoms with E-state index in [1.165, 1.54) is 18.2 Å². The van der Waals surface area contributed by atoms with E-state index >= 15 is 0 Å². The van der Waals surface area contributed by atoms with E-state index in [2.05, 4.69) is 5.32 Å². The molecule has 0 aromatic heterocycles. The summed E-state index contributed by atoms with van der Waals surface area (Å²) in [5, 5.41) is 11.1. The minimum atomic E-state index is -0.890. The summed E-state index contributed by atoms with van der Waals surface area (Å²) >= 11 is 0. The van der Waals surface area contributed by atoms with Gasteiger partial charge in [-0.3, -0.25) is 9.59 Å². The van der Waals surface area contributed by atoms with Crippen molar-refractivity contribution in [3.05, 3.63) is 35.4 Å². The van der Waals surface area contributed by atoms with Crippen LogP contribution in [0.15, 0.2) is 18.2 Å². The molecule has 0 fully saturated rings. The molecule has 0 radical (unpaired) electrons. The number of aliphatic carboxylic acids is 1. The molecular weight excluding hydrogens is 280 g/mol. The van der Waals surface area contributed by atoms with Gasteiger partial charge in [-0.2, -0.15) is 0 Å². The number of carbonyl (C=O) groups is 2. The summed E-state index contributed by atoms with van der Waals surface area (Å²) in [7, 11) is 0. The van der Waals surface area contributed by atoms with Crippen molar-refractivity contribution in [1.82, 2.24) is 5.32 Å². The quantitative estimate of drug-likeness (QED) is 0.725. The van der Waals surface area contributed by atoms with Gasteiger partial charge in [0, 0.05) is 24.4 Å². The van der Waals surface area contributed by atoms with E-state index in [1.54, 1.807) is 6.92 Å². The number of unbranched alkanes of at least 4 members (excludes halogenated alkanes) is 1. The minimum Gasteiger partial charge on any atom is -0.481 e. The van der Waals surface area contributed by atoms with Gasteiger partial charge in [0.25, 0.3) is 0 Å². The molecule has 1 unspecified atom stereocenters. The maximum absolute atomic E-state index is 13.5. The molecular formula is C15H19F2NO3. The number of carboxylic acids is 1. The number of halogens is 2. The molecule has 1 aromatic rings. The highest BCUT2D eigenvalue weighted by Gasteiger charge is 2.14. The fourth-order valence-corrected chi connectivity index (χ4v) is 1.99. The Balaban J connectivity index is 2.38. The number of benzene rings is 1. The van der Waals surface area contributed by atoms with E-state index in [0.717, 1.165) is 0 Å². The number of nitrogens with one attached hydrogen (secondary N) is 1. The standard InChI is InChI=1S/C15H19F2NO3/c1-10(9-11-12(16)5-4-6-13(11)17)18-14(19)7-2-3-8-15(20)21/h4-6,10H,2-3,7-9H2,1H3,(H,18,19)(H,20,21). The second-order valence-corrected chi connectivity index (χ2v) is 4.97. The first-order valence-electron chi connectivity index (χ1n) is 6.84. The molecule has 0 aliphatic heterocycles. The first kappa shape index (κ1) is 17.1. The maximum atomic E-state index is 13.5. The second kappa shape index (κ2) is 8.34. The van der Waals surface area contributed by atoms with Gasteiger partial charge in [-0.25, -0.2) is 8.78 Å². The van der Waals surface area contributed by atoms with E-state index in [9.17, 15) is 18.4 Å². The highest BCUT2D eigenvalue weighted by molar-refractivity contribution is 5.76. The summed E-state index contributed by atoms with van der Waals surface area (Å²) in [5.74, 6) is -2.39. The van der Waals surface area contributed by atoms with Gasteiger partial charge in [0.2, 0.25) is 5.91 Å². The van der Waals surface area contributed by atoms with Crippen molar-refractivity contribution in [2.75, 3.05) is 0 Å². The first-order chi connectivity index (χ1) is 9.90. The van der Waals surface area contributed by atoms with E-state index < -0.39 is 23.6 Å². The Hall–Kier alpha value is -1.98. The van der Waals surface area contributed by atoms with Crippen LogP contribution >= 0.6 is 0 Å². The van der Waals surface area contributed by atoms with Crippen LogP contribution in [0.4, 0.5) is 8.78 Å². The molecule has 1 rings (SSSR count). The van der Waals surface area contributed by atoms with Gasteiger partial charge in [0.05, 0.1) is 0 Å². The van der Waals surface area contributed by atoms with Crippen molar-refractivity contribution in [3.8, 4) is 0 Å². The zero-order valence-electron chi connectivity index (χ0n) is 11.9. The van der Waals surface area contributed by atoms with Crippen LogP contribution < -0.4 is 5.32 Å². The molecule has 0 saturated carbocycles. The molecule has 0 spiro atoms. The van der Waals surface area contributed by atoms with Crippen LogP contribution in [-0.2, 0) is 16.0 Å². The maximum Gasteiger partial charge on any atom is 0.303 e. The fourth-order valence-electron chi connectivity index (χ4n) is 1.99. The summed E-state index contributed by atoms with van der Waals surface area (Å²) in [5.41, 5.74) is -0.0452. The number of hydrogen-bond donors (Lipinski definition) is 2. The van der Waals surface area contributed by atoms with Gasteiger partial charge in [-0.1, -0.05) is 6.07 Å². The third-order valence-corrected chi connectivity index (χ3v) is 3.02. The van der Waals surface area contributed by atoms with Gasteiger partial charge in [-0.05, 0) is 38.3 Å². The topological polar surface area (TPSA) is 66.4 Å². The lowest BCUT2D eigenvalue weighted by Crippen LogP contribution is -2.34. The zero-order chi connectivity index (χ0) is 15.8. The number of amides is 1. The largest absolute Gasteiger partial charge is 0.481 e. The van der Waals surface area contributed by atoms with Crippen LogP contribution in [0.2, 0.25) is 0 Å². The second-order valence-electron chi connectivity index (χ2n) is 4.97. The molecule has 1 aromatic carbocycles. The third-order valence-electron chi connectivity index (χ3n) is 3.02. The molecule has 4 nitrogen and oxygen atoms in total. The lowest BCUT2D eigenvalue weighted by atomic mass is 10.1. The number of hydrogen-bond acceptors (Lipinski definition) is 2. The summed E-state index contributed by atoms with van der Waals surface area (Å²) in [6.07, 6.45) is 1.21. The lowest BCUT2D eigenvalue weighted by molar-refractivity contribution is -0.137. The Kier molecular flexibility index (Phi) is 6.78. The summed E-state index contributed by atoms with van der Waals surface area (Å²) < 4.78 is 26.9. The van der Waals surface area contributed by atoms with Crippen LogP contribution in [-0.4, -0.2) is 23.0 Å². The van der Waals surface area contributed by atoms with E-state index in [1.807, 2.05) is 0 Å². The number of rotatable bonds is 8. The van der Waals surface area contributed by atoms with Crippen molar-refractivity contribution < 1.29 is 23.5 Å². The average Bonchev–Trinajstić information content (AvgIpc) is 2.39. The normalized spacial score (nSPS) is 12.0. The Morgan fingerprint density at radius 3 is 2.33 bits per heavy atom. The smallest absolute Gasteiger partial charge is 0.303 e. The Morgan fingerprint density at radius 2 is 1.76 bits per heavy atom. The predicted octanol–water partition coefficient (Wildman–Crippen LogP) is 2.66. The summed E-state index contributed by atoms with van der Waals surface area (Å²) in [6, 6.07) is 3.25. The minimum absolute atomic E-state index is 0.0310. The highest BCUT2D eigenvalue weighted by Crippen LogP contribution is 2.14. The van der Waals surface area contributed by atoms with Crippen LogP contribution in [0.3, 0.4) is 0 Å². The van der Waals surface area contributed by atoms with Crippen molar-refractivity contribution in [1.29, 1.82) is 0 Å². The number of carbonyl (C=O) groups excluding carboxylic acids is 1. The zero-order valence-corrected chi connectivity index (χ0v) is 11.9. The number of carboxylic acid groups (broad SMARTS) is 1. The molecule has 2 N–H and O–H groups in total. The highest BCUT2D eigenvalue weighted by atomic mass is 19.1. The first-order valence-corrected chi connectivity index (χ1v) is 6.84. The Labute approximate surface area is 122 Å². The fraction of sp³-hybridized carbons (Fsp3) is 0.467. The van der Waals surface area contributed by atoms with Gasteiger partial charge in [0.1, 0.15) is 11.6 Å². The third kappa shape index (κ3) is 6.33. The summed E-state index contributed by atoms with van der Waals surface area (Å²) in [4.78, 5) is 21.9. The molecule has 0 aliphatic rings. The average molecular weight is 299 g/mol. The van der Waals surface area contributed by atoms with E-state index in [0.29, 0.717) is 12.8 Å². The van der Waals surface area contributed by atoms with Gasteiger partial charge in [-0.15, -0.1) is 0 Å². The molecule has 21 heavy (non-hydrogen) atoms. The molecule has 0 aliphatic carbocycles. The van der Waals surface area contributed by atoms with Gasteiger partial charge >= 0.3 is 5.97 Å². The molecule has 0 heterocycles. The molecule has 0 saturated heterocycles. The molecule has 0 bridgehead atoms. The monoisotopic (exact) mass is 299 g/mol. The molecule has 116 valence electrons. The summed E-state index contributed by atoms with van der Waals surface area (Å²) in [6.45, 7) is 1.67. The lowest BCUT2D eigenvalue weighted by Gasteiger charge is -2.15. The van der Waals surface area contributed by atoms with Crippen molar-refractivity contribution in [2.45, 2.75) is 45.1 Å². The van der Waals surface area contributed by atoms with Crippen LogP contribution in [0.1, 0.15) is 38.2 Å². The Bertz CT molecular complexity index is 485. The molecule has 1 amide bonds. The van der Waals surface area contributed by atoms with Gasteiger partial charge < -0.3 is 10.4 Å². The van der Waals surface area contributed by atoms with Crippen molar-refractivity contribution in [3.63, 3.8) is 0 Å². The van der Waals surface area contributed by atoms with Gasteiger partial charge in [0.15, 0.2) is 0 Å². The SMILES string of the molecule is CC(Cc1c(F)cccc1F)NC(=O)CCCCC(=O)O. The van der Waals surface area contributed by atoms with E-state index in [4.69, 9.17) is 5.11 Å². The molecule has 1 atom stereocenters. The molecule has 6 heteroatoms. The Morgan fingerprint density at radius 1 is 1.19 bits per heavy atom. The van der Waals surface area contributed by atoms with Crippen molar-refractivity contribution in [2.24, 2.45) is 0 Å². The van der Waals surface area contributed by atoms with Crippen LogP contribution in [0, 0.1) is 11.6 Å². The predicted molar refractivity (Wildman–Crippen MR) is 73.8 cm³/mol.